The Hall–Kier alpha value is -1.02. The summed E-state index contributed by atoms with van der Waals surface area (Å²) >= 11 is 12.3. The van der Waals surface area contributed by atoms with Gasteiger partial charge in [0.15, 0.2) is 0 Å². The molecular weight excluding hydrogens is 301 g/mol. The van der Waals surface area contributed by atoms with Crippen LogP contribution in [0.3, 0.4) is 0 Å². The van der Waals surface area contributed by atoms with Crippen LogP contribution in [-0.4, -0.2) is 12.6 Å². The van der Waals surface area contributed by atoms with Crippen molar-refractivity contribution < 1.29 is 0 Å². The Morgan fingerprint density at radius 1 is 1.00 bits per heavy atom. The molecule has 0 aliphatic carbocycles. The molecule has 0 fully saturated rings. The van der Waals surface area contributed by atoms with E-state index in [0.29, 0.717) is 6.04 Å². The third-order valence-electron chi connectivity index (χ3n) is 3.56. The van der Waals surface area contributed by atoms with E-state index in [2.05, 4.69) is 43.4 Å². The van der Waals surface area contributed by atoms with Gasteiger partial charge in [0.2, 0.25) is 0 Å². The highest BCUT2D eigenvalue weighted by molar-refractivity contribution is 6.31. The first-order valence-corrected chi connectivity index (χ1v) is 8.07. The van der Waals surface area contributed by atoms with Gasteiger partial charge in [-0.25, -0.2) is 0 Å². The Bertz CT molecular complexity index is 578. The van der Waals surface area contributed by atoms with Crippen molar-refractivity contribution in [3.8, 4) is 0 Å². The largest absolute Gasteiger partial charge is 0.314 e. The van der Waals surface area contributed by atoms with Crippen molar-refractivity contribution in [1.82, 2.24) is 5.32 Å². The van der Waals surface area contributed by atoms with E-state index < -0.39 is 0 Å². The lowest BCUT2D eigenvalue weighted by molar-refractivity contribution is 0.521. The summed E-state index contributed by atoms with van der Waals surface area (Å²) in [6.45, 7) is 5.14. The average molecular weight is 322 g/mol. The maximum atomic E-state index is 6.35. The minimum absolute atomic E-state index is 0.372. The van der Waals surface area contributed by atoms with Gasteiger partial charge in [-0.05, 0) is 61.2 Å². The summed E-state index contributed by atoms with van der Waals surface area (Å²) in [5.74, 6) is 0. The van der Waals surface area contributed by atoms with E-state index in [4.69, 9.17) is 23.2 Å². The van der Waals surface area contributed by atoms with E-state index in [0.717, 1.165) is 29.4 Å². The van der Waals surface area contributed by atoms with Crippen molar-refractivity contribution in [3.05, 3.63) is 69.2 Å². The molecule has 2 aromatic rings. The van der Waals surface area contributed by atoms with Gasteiger partial charge in [-0.1, -0.05) is 54.4 Å². The molecule has 112 valence electrons. The standard InChI is InChI=1S/C18H21Cl2N/c1-3-21-17(11-14-5-8-16(19)9-6-14)12-15-7-4-13(2)10-18(15)20/h4-10,17,21H,3,11-12H2,1-2H3. The molecule has 1 N–H and O–H groups in total. The van der Waals surface area contributed by atoms with Crippen LogP contribution in [0, 0.1) is 6.92 Å². The van der Waals surface area contributed by atoms with Crippen LogP contribution in [-0.2, 0) is 12.8 Å². The van der Waals surface area contributed by atoms with Gasteiger partial charge < -0.3 is 5.32 Å². The highest BCUT2D eigenvalue weighted by atomic mass is 35.5. The van der Waals surface area contributed by atoms with Gasteiger partial charge in [0.25, 0.3) is 0 Å². The fourth-order valence-electron chi connectivity index (χ4n) is 2.49. The zero-order valence-corrected chi connectivity index (χ0v) is 14.0. The predicted molar refractivity (Wildman–Crippen MR) is 92.5 cm³/mol. The summed E-state index contributed by atoms with van der Waals surface area (Å²) < 4.78 is 0. The zero-order valence-electron chi connectivity index (χ0n) is 12.5. The van der Waals surface area contributed by atoms with Gasteiger partial charge in [-0.2, -0.15) is 0 Å². The van der Waals surface area contributed by atoms with Crippen LogP contribution in [0.25, 0.3) is 0 Å². The molecule has 0 saturated carbocycles. The first-order valence-electron chi connectivity index (χ1n) is 7.31. The summed E-state index contributed by atoms with van der Waals surface area (Å²) in [7, 11) is 0. The van der Waals surface area contributed by atoms with Crippen molar-refractivity contribution in [2.75, 3.05) is 6.54 Å². The zero-order chi connectivity index (χ0) is 15.2. The number of hydrogen-bond donors (Lipinski definition) is 1. The van der Waals surface area contributed by atoms with E-state index in [1.165, 1.54) is 16.7 Å². The first kappa shape index (κ1) is 16.4. The molecule has 1 atom stereocenters. The van der Waals surface area contributed by atoms with Gasteiger partial charge in [-0.3, -0.25) is 0 Å². The second kappa shape index (κ2) is 7.84. The number of nitrogens with one attached hydrogen (secondary N) is 1. The monoisotopic (exact) mass is 321 g/mol. The molecule has 1 unspecified atom stereocenters. The molecule has 0 radical (unpaired) electrons. The van der Waals surface area contributed by atoms with E-state index in [-0.39, 0.29) is 0 Å². The normalized spacial score (nSPS) is 12.4. The van der Waals surface area contributed by atoms with Gasteiger partial charge in [0, 0.05) is 16.1 Å². The van der Waals surface area contributed by atoms with Crippen LogP contribution < -0.4 is 5.32 Å². The van der Waals surface area contributed by atoms with Crippen LogP contribution in [0.1, 0.15) is 23.6 Å². The predicted octanol–water partition coefficient (Wildman–Crippen LogP) is 5.07. The SMILES string of the molecule is CCNC(Cc1ccc(Cl)cc1)Cc1ccc(C)cc1Cl. The fraction of sp³-hybridized carbons (Fsp3) is 0.333. The van der Waals surface area contributed by atoms with Crippen molar-refractivity contribution in [1.29, 1.82) is 0 Å². The van der Waals surface area contributed by atoms with Crippen LogP contribution in [0.2, 0.25) is 10.0 Å². The van der Waals surface area contributed by atoms with Crippen molar-refractivity contribution in [3.63, 3.8) is 0 Å². The first-order chi connectivity index (χ1) is 10.1. The Morgan fingerprint density at radius 3 is 2.33 bits per heavy atom. The van der Waals surface area contributed by atoms with Gasteiger partial charge >= 0.3 is 0 Å². The van der Waals surface area contributed by atoms with Gasteiger partial charge in [0.1, 0.15) is 0 Å². The number of benzene rings is 2. The molecule has 1 nitrogen and oxygen atoms in total. The van der Waals surface area contributed by atoms with Crippen LogP contribution in [0.15, 0.2) is 42.5 Å². The summed E-state index contributed by atoms with van der Waals surface area (Å²) in [5.41, 5.74) is 3.68. The number of rotatable bonds is 6. The molecule has 3 heteroatoms. The molecule has 0 heterocycles. The maximum Gasteiger partial charge on any atom is 0.0441 e. The van der Waals surface area contributed by atoms with Crippen molar-refractivity contribution in [2.45, 2.75) is 32.7 Å². The second-order valence-corrected chi connectivity index (χ2v) is 6.23. The molecule has 0 aromatic heterocycles. The Morgan fingerprint density at radius 2 is 1.71 bits per heavy atom. The Labute approximate surface area is 137 Å². The molecule has 0 saturated heterocycles. The van der Waals surface area contributed by atoms with Crippen LogP contribution in [0.4, 0.5) is 0 Å². The van der Waals surface area contributed by atoms with E-state index in [1.54, 1.807) is 0 Å². The summed E-state index contributed by atoms with van der Waals surface area (Å²) in [6.07, 6.45) is 1.89. The Kier molecular flexibility index (Phi) is 6.10. The van der Waals surface area contributed by atoms with E-state index in [9.17, 15) is 0 Å². The Balaban J connectivity index is 2.09. The lowest BCUT2D eigenvalue weighted by Gasteiger charge is -2.19. The minimum Gasteiger partial charge on any atom is -0.314 e. The summed E-state index contributed by atoms with van der Waals surface area (Å²) in [6, 6.07) is 14.7. The molecule has 0 aliphatic heterocycles. The topological polar surface area (TPSA) is 12.0 Å². The summed E-state index contributed by atoms with van der Waals surface area (Å²) in [5, 5.41) is 5.18. The number of hydrogen-bond acceptors (Lipinski definition) is 1. The lowest BCUT2D eigenvalue weighted by atomic mass is 9.98. The summed E-state index contributed by atoms with van der Waals surface area (Å²) in [4.78, 5) is 0. The highest BCUT2D eigenvalue weighted by Crippen LogP contribution is 2.20. The van der Waals surface area contributed by atoms with Crippen LogP contribution >= 0.6 is 23.2 Å². The third kappa shape index (κ3) is 5.03. The smallest absolute Gasteiger partial charge is 0.0441 e. The molecule has 0 amide bonds. The van der Waals surface area contributed by atoms with Crippen molar-refractivity contribution in [2.24, 2.45) is 0 Å². The minimum atomic E-state index is 0.372. The molecule has 21 heavy (non-hydrogen) atoms. The average Bonchev–Trinajstić information content (AvgIpc) is 2.44. The maximum absolute atomic E-state index is 6.35. The molecule has 2 rings (SSSR count). The number of aryl methyl sites for hydroxylation is 1. The van der Waals surface area contributed by atoms with Crippen molar-refractivity contribution >= 4 is 23.2 Å². The van der Waals surface area contributed by atoms with Gasteiger partial charge in [-0.15, -0.1) is 0 Å². The highest BCUT2D eigenvalue weighted by Gasteiger charge is 2.12. The molecule has 0 aliphatic rings. The number of halogens is 2. The second-order valence-electron chi connectivity index (χ2n) is 5.38. The van der Waals surface area contributed by atoms with E-state index in [1.807, 2.05) is 18.2 Å². The quantitative estimate of drug-likeness (QED) is 0.783. The number of likely N-dealkylation sites (N-methyl/N-ethyl adjacent to an activating group) is 1. The van der Waals surface area contributed by atoms with Gasteiger partial charge in [0.05, 0.1) is 0 Å². The lowest BCUT2D eigenvalue weighted by Crippen LogP contribution is -2.33. The van der Waals surface area contributed by atoms with E-state index >= 15 is 0 Å². The molecule has 2 aromatic carbocycles. The molecule has 0 bridgehead atoms. The van der Waals surface area contributed by atoms with Crippen LogP contribution in [0.5, 0.6) is 0 Å². The molecule has 0 spiro atoms. The third-order valence-corrected chi connectivity index (χ3v) is 4.17. The fourth-order valence-corrected chi connectivity index (χ4v) is 2.93. The molecular formula is C18H21Cl2N.